The van der Waals surface area contributed by atoms with Gasteiger partial charge in [0.2, 0.25) is 0 Å². The monoisotopic (exact) mass is 311 g/mol. The lowest BCUT2D eigenvalue weighted by molar-refractivity contribution is 0.600. The molecule has 0 saturated heterocycles. The molecule has 2 aromatic rings. The van der Waals surface area contributed by atoms with E-state index in [1.807, 2.05) is 0 Å². The van der Waals surface area contributed by atoms with Gasteiger partial charge in [-0.3, -0.25) is 9.71 Å². The van der Waals surface area contributed by atoms with Crippen molar-refractivity contribution in [2.45, 2.75) is 18.7 Å². The number of rotatable bonds is 3. The summed E-state index contributed by atoms with van der Waals surface area (Å²) < 4.78 is 27.3. The Balaban J connectivity index is 2.47. The highest BCUT2D eigenvalue weighted by Gasteiger charge is 2.19. The van der Waals surface area contributed by atoms with Crippen molar-refractivity contribution in [3.05, 3.63) is 46.7 Å². The predicted octanol–water partition coefficient (Wildman–Crippen LogP) is 2.73. The number of benzene rings is 1. The van der Waals surface area contributed by atoms with Crippen molar-refractivity contribution in [2.24, 2.45) is 0 Å². The van der Waals surface area contributed by atoms with Crippen LogP contribution in [0.25, 0.3) is 0 Å². The molecule has 0 radical (unpaired) electrons. The summed E-state index contributed by atoms with van der Waals surface area (Å²) in [7, 11) is -3.72. The maximum absolute atomic E-state index is 12.4. The lowest BCUT2D eigenvalue weighted by atomic mass is 10.2. The van der Waals surface area contributed by atoms with Gasteiger partial charge < -0.3 is 5.73 Å². The van der Waals surface area contributed by atoms with Gasteiger partial charge in [0.15, 0.2) is 0 Å². The molecule has 0 aliphatic carbocycles. The van der Waals surface area contributed by atoms with Gasteiger partial charge in [0, 0.05) is 12.4 Å². The Hall–Kier alpha value is -1.79. The number of aromatic nitrogens is 1. The van der Waals surface area contributed by atoms with Crippen LogP contribution in [0.2, 0.25) is 5.02 Å². The molecule has 0 bridgehead atoms. The molecular weight excluding hydrogens is 298 g/mol. The molecule has 0 amide bonds. The third-order valence-corrected chi connectivity index (χ3v) is 4.68. The van der Waals surface area contributed by atoms with Crippen LogP contribution in [-0.4, -0.2) is 13.4 Å². The summed E-state index contributed by atoms with van der Waals surface area (Å²) in [6.07, 6.45) is 3.11. The van der Waals surface area contributed by atoms with Gasteiger partial charge in [-0.2, -0.15) is 0 Å². The number of hydrogen-bond acceptors (Lipinski definition) is 4. The zero-order valence-corrected chi connectivity index (χ0v) is 12.6. The number of nitrogens with two attached hydrogens (primary N) is 1. The van der Waals surface area contributed by atoms with E-state index in [1.54, 1.807) is 26.1 Å². The molecule has 5 nitrogen and oxygen atoms in total. The molecule has 1 aromatic carbocycles. The van der Waals surface area contributed by atoms with Crippen LogP contribution < -0.4 is 10.5 Å². The van der Waals surface area contributed by atoms with E-state index in [0.29, 0.717) is 16.3 Å². The van der Waals surface area contributed by atoms with Crippen molar-refractivity contribution in [1.82, 2.24) is 4.98 Å². The Morgan fingerprint density at radius 3 is 2.60 bits per heavy atom. The quantitative estimate of drug-likeness (QED) is 0.853. The van der Waals surface area contributed by atoms with E-state index >= 15 is 0 Å². The van der Waals surface area contributed by atoms with Gasteiger partial charge in [-0.15, -0.1) is 0 Å². The summed E-state index contributed by atoms with van der Waals surface area (Å²) in [5.41, 5.74) is 7.64. The highest BCUT2D eigenvalue weighted by atomic mass is 35.5. The number of hydrogen-bond donors (Lipinski definition) is 2. The molecule has 0 saturated carbocycles. The summed E-state index contributed by atoms with van der Waals surface area (Å²) in [6.45, 7) is 3.44. The topological polar surface area (TPSA) is 85.1 Å². The number of pyridine rings is 1. The molecule has 1 heterocycles. The summed E-state index contributed by atoms with van der Waals surface area (Å²) in [6, 6.07) is 4.49. The van der Waals surface area contributed by atoms with E-state index in [1.165, 1.54) is 18.3 Å². The fourth-order valence-corrected chi connectivity index (χ4v) is 3.36. The van der Waals surface area contributed by atoms with Crippen LogP contribution in [0.15, 0.2) is 35.5 Å². The SMILES string of the molecule is Cc1cnccc1NS(=O)(=O)c1cc(N)c(Cl)cc1C. The van der Waals surface area contributed by atoms with Crippen molar-refractivity contribution < 1.29 is 8.42 Å². The molecule has 2 rings (SSSR count). The Morgan fingerprint density at radius 2 is 1.95 bits per heavy atom. The van der Waals surface area contributed by atoms with Crippen molar-refractivity contribution in [3.8, 4) is 0 Å². The Labute approximate surface area is 122 Å². The van der Waals surface area contributed by atoms with Crippen LogP contribution in [0.3, 0.4) is 0 Å². The van der Waals surface area contributed by atoms with E-state index in [-0.39, 0.29) is 10.6 Å². The minimum absolute atomic E-state index is 0.107. The first-order valence-corrected chi connectivity index (χ1v) is 7.66. The molecule has 0 spiro atoms. The van der Waals surface area contributed by atoms with Crippen LogP contribution in [0.4, 0.5) is 11.4 Å². The van der Waals surface area contributed by atoms with Crippen LogP contribution >= 0.6 is 11.6 Å². The fraction of sp³-hybridized carbons (Fsp3) is 0.154. The molecule has 0 atom stereocenters. The number of nitrogens with zero attached hydrogens (tertiary/aromatic N) is 1. The smallest absolute Gasteiger partial charge is 0.262 e. The van der Waals surface area contributed by atoms with E-state index in [4.69, 9.17) is 17.3 Å². The minimum atomic E-state index is -3.72. The number of aryl methyl sites for hydroxylation is 2. The first-order chi connectivity index (χ1) is 9.31. The molecule has 7 heteroatoms. The minimum Gasteiger partial charge on any atom is -0.397 e. The second-order valence-corrected chi connectivity index (χ2v) is 6.49. The van der Waals surface area contributed by atoms with Gasteiger partial charge >= 0.3 is 0 Å². The van der Waals surface area contributed by atoms with Crippen molar-refractivity contribution in [3.63, 3.8) is 0 Å². The van der Waals surface area contributed by atoms with Gasteiger partial charge in [-0.1, -0.05) is 11.6 Å². The average molecular weight is 312 g/mol. The molecule has 0 aliphatic rings. The van der Waals surface area contributed by atoms with Crippen LogP contribution in [-0.2, 0) is 10.0 Å². The van der Waals surface area contributed by atoms with Gasteiger partial charge in [0.1, 0.15) is 0 Å². The zero-order valence-electron chi connectivity index (χ0n) is 11.0. The Kier molecular flexibility index (Phi) is 3.87. The maximum Gasteiger partial charge on any atom is 0.262 e. The van der Waals surface area contributed by atoms with E-state index in [2.05, 4.69) is 9.71 Å². The molecule has 3 N–H and O–H groups in total. The standard InChI is InChI=1S/C13H14ClN3O2S/c1-8-5-10(14)11(15)6-13(8)20(18,19)17-12-3-4-16-7-9(12)2/h3-7H,15H2,1-2H3,(H,16,17). The zero-order chi connectivity index (χ0) is 14.9. The summed E-state index contributed by atoms with van der Waals surface area (Å²) in [4.78, 5) is 4.03. The fourth-order valence-electron chi connectivity index (χ4n) is 1.75. The number of anilines is 2. The van der Waals surface area contributed by atoms with Crippen molar-refractivity contribution in [1.29, 1.82) is 0 Å². The normalized spacial score (nSPS) is 11.3. The molecule has 0 unspecified atom stereocenters. The predicted molar refractivity (Wildman–Crippen MR) is 80.4 cm³/mol. The van der Waals surface area contributed by atoms with Gasteiger partial charge in [-0.25, -0.2) is 8.42 Å². The molecule has 20 heavy (non-hydrogen) atoms. The second kappa shape index (κ2) is 5.30. The number of halogens is 1. The highest BCUT2D eigenvalue weighted by Crippen LogP contribution is 2.28. The van der Waals surface area contributed by atoms with Crippen molar-refractivity contribution in [2.75, 3.05) is 10.5 Å². The second-order valence-electron chi connectivity index (χ2n) is 4.44. The van der Waals surface area contributed by atoms with E-state index < -0.39 is 10.0 Å². The third-order valence-electron chi connectivity index (χ3n) is 2.85. The van der Waals surface area contributed by atoms with Crippen molar-refractivity contribution >= 4 is 33.0 Å². The van der Waals surface area contributed by atoms with Crippen LogP contribution in [0.1, 0.15) is 11.1 Å². The number of nitrogen functional groups attached to an aromatic ring is 1. The highest BCUT2D eigenvalue weighted by molar-refractivity contribution is 7.92. The van der Waals surface area contributed by atoms with Crippen LogP contribution in [0.5, 0.6) is 0 Å². The van der Waals surface area contributed by atoms with E-state index in [0.717, 1.165) is 5.56 Å². The molecule has 0 fully saturated rings. The molecular formula is C13H14ClN3O2S. The summed E-state index contributed by atoms with van der Waals surface area (Å²) in [5, 5.41) is 0.335. The van der Waals surface area contributed by atoms with E-state index in [9.17, 15) is 8.42 Å². The number of nitrogens with one attached hydrogen (secondary N) is 1. The average Bonchev–Trinajstić information content (AvgIpc) is 2.36. The van der Waals surface area contributed by atoms with Gasteiger partial charge in [0.05, 0.1) is 21.3 Å². The first kappa shape index (κ1) is 14.6. The van der Waals surface area contributed by atoms with Gasteiger partial charge in [0.25, 0.3) is 10.0 Å². The first-order valence-electron chi connectivity index (χ1n) is 5.80. The Bertz CT molecular complexity index is 760. The summed E-state index contributed by atoms with van der Waals surface area (Å²) in [5.74, 6) is 0. The maximum atomic E-state index is 12.4. The molecule has 106 valence electrons. The number of sulfonamides is 1. The Morgan fingerprint density at radius 1 is 1.25 bits per heavy atom. The third kappa shape index (κ3) is 2.86. The molecule has 0 aliphatic heterocycles. The lowest BCUT2D eigenvalue weighted by Crippen LogP contribution is -2.15. The van der Waals surface area contributed by atoms with Gasteiger partial charge in [-0.05, 0) is 43.2 Å². The largest absolute Gasteiger partial charge is 0.397 e. The lowest BCUT2D eigenvalue weighted by Gasteiger charge is -2.13. The summed E-state index contributed by atoms with van der Waals surface area (Å²) >= 11 is 5.87. The molecule has 1 aromatic heterocycles. The van der Waals surface area contributed by atoms with Crippen LogP contribution in [0, 0.1) is 13.8 Å².